The lowest BCUT2D eigenvalue weighted by molar-refractivity contribution is 0.0600. The van der Waals surface area contributed by atoms with E-state index in [1.54, 1.807) is 12.1 Å². The van der Waals surface area contributed by atoms with E-state index >= 15 is 0 Å². The van der Waals surface area contributed by atoms with Crippen LogP contribution in [-0.4, -0.2) is 24.1 Å². The third-order valence-electron chi connectivity index (χ3n) is 2.74. The predicted molar refractivity (Wildman–Crippen MR) is 78.9 cm³/mol. The highest BCUT2D eigenvalue weighted by molar-refractivity contribution is 6.34. The standard InChI is InChI=1S/C15H12ClNO4/c1-21-15(20)12-6-5-9(7-13(12)16)14(19)17-10-3-2-4-11(18)8-10/h2-8,18H,1H3,(H,17,19). The highest BCUT2D eigenvalue weighted by Crippen LogP contribution is 2.21. The number of carbonyl (C=O) groups is 2. The Morgan fingerprint density at radius 1 is 1.19 bits per heavy atom. The lowest BCUT2D eigenvalue weighted by atomic mass is 10.1. The number of nitrogens with one attached hydrogen (secondary N) is 1. The second-order valence-corrected chi connectivity index (χ2v) is 4.60. The summed E-state index contributed by atoms with van der Waals surface area (Å²) in [5.41, 5.74) is 0.928. The van der Waals surface area contributed by atoms with E-state index in [1.807, 2.05) is 0 Å². The summed E-state index contributed by atoms with van der Waals surface area (Å²) in [6, 6.07) is 10.4. The first-order valence-electron chi connectivity index (χ1n) is 5.99. The molecule has 0 unspecified atom stereocenters. The number of halogens is 1. The van der Waals surface area contributed by atoms with E-state index < -0.39 is 11.9 Å². The van der Waals surface area contributed by atoms with Crippen molar-refractivity contribution in [3.63, 3.8) is 0 Å². The van der Waals surface area contributed by atoms with Crippen LogP contribution in [0.25, 0.3) is 0 Å². The zero-order valence-electron chi connectivity index (χ0n) is 11.1. The number of ether oxygens (including phenoxy) is 1. The maximum Gasteiger partial charge on any atom is 0.339 e. The normalized spacial score (nSPS) is 10.0. The number of amides is 1. The van der Waals surface area contributed by atoms with Crippen molar-refractivity contribution < 1.29 is 19.4 Å². The number of benzene rings is 2. The van der Waals surface area contributed by atoms with Crippen LogP contribution in [0.2, 0.25) is 5.02 Å². The fraction of sp³-hybridized carbons (Fsp3) is 0.0667. The number of rotatable bonds is 3. The van der Waals surface area contributed by atoms with E-state index in [0.717, 1.165) is 0 Å². The van der Waals surface area contributed by atoms with Gasteiger partial charge in [0.05, 0.1) is 17.7 Å². The van der Waals surface area contributed by atoms with Crippen molar-refractivity contribution in [2.24, 2.45) is 0 Å². The van der Waals surface area contributed by atoms with Gasteiger partial charge in [-0.3, -0.25) is 4.79 Å². The summed E-state index contributed by atoms with van der Waals surface area (Å²) in [4.78, 5) is 23.5. The Labute approximate surface area is 126 Å². The van der Waals surface area contributed by atoms with Crippen molar-refractivity contribution in [2.45, 2.75) is 0 Å². The van der Waals surface area contributed by atoms with E-state index in [0.29, 0.717) is 5.69 Å². The lowest BCUT2D eigenvalue weighted by Gasteiger charge is -2.07. The van der Waals surface area contributed by atoms with Crippen LogP contribution in [0.15, 0.2) is 42.5 Å². The molecule has 2 N–H and O–H groups in total. The van der Waals surface area contributed by atoms with E-state index in [2.05, 4.69) is 10.1 Å². The monoisotopic (exact) mass is 305 g/mol. The molecule has 0 saturated carbocycles. The van der Waals surface area contributed by atoms with Gasteiger partial charge in [-0.25, -0.2) is 4.79 Å². The molecule has 1 amide bonds. The van der Waals surface area contributed by atoms with Crippen LogP contribution in [0.3, 0.4) is 0 Å². The summed E-state index contributed by atoms with van der Waals surface area (Å²) in [6.45, 7) is 0. The SMILES string of the molecule is COC(=O)c1ccc(C(=O)Nc2cccc(O)c2)cc1Cl. The summed E-state index contributed by atoms with van der Waals surface area (Å²) in [5, 5.41) is 12.1. The number of aromatic hydroxyl groups is 1. The summed E-state index contributed by atoms with van der Waals surface area (Å²) in [6.07, 6.45) is 0. The molecule has 5 nitrogen and oxygen atoms in total. The third kappa shape index (κ3) is 3.52. The number of phenolic OH excluding ortho intramolecular Hbond substituents is 1. The van der Waals surface area contributed by atoms with Crippen LogP contribution in [0, 0.1) is 0 Å². The van der Waals surface area contributed by atoms with Crippen LogP contribution >= 0.6 is 11.6 Å². The molecule has 21 heavy (non-hydrogen) atoms. The molecule has 0 radical (unpaired) electrons. The van der Waals surface area contributed by atoms with Gasteiger partial charge in [-0.2, -0.15) is 0 Å². The van der Waals surface area contributed by atoms with Crippen molar-refractivity contribution in [2.75, 3.05) is 12.4 Å². The van der Waals surface area contributed by atoms with Gasteiger partial charge in [-0.15, -0.1) is 0 Å². The van der Waals surface area contributed by atoms with Crippen LogP contribution in [0.5, 0.6) is 5.75 Å². The second-order valence-electron chi connectivity index (χ2n) is 4.19. The Bertz CT molecular complexity index is 700. The summed E-state index contributed by atoms with van der Waals surface area (Å²) < 4.78 is 4.57. The van der Waals surface area contributed by atoms with Crippen molar-refractivity contribution >= 4 is 29.2 Å². The molecule has 0 spiro atoms. The molecule has 0 bridgehead atoms. The average molecular weight is 306 g/mol. The van der Waals surface area contributed by atoms with E-state index in [9.17, 15) is 14.7 Å². The molecule has 0 aliphatic rings. The van der Waals surface area contributed by atoms with Crippen molar-refractivity contribution in [1.82, 2.24) is 0 Å². The van der Waals surface area contributed by atoms with Gasteiger partial charge in [0.15, 0.2) is 0 Å². The maximum absolute atomic E-state index is 12.1. The molecule has 2 aromatic carbocycles. The van der Waals surface area contributed by atoms with E-state index in [1.165, 1.54) is 37.4 Å². The minimum Gasteiger partial charge on any atom is -0.508 e. The van der Waals surface area contributed by atoms with Gasteiger partial charge in [0.2, 0.25) is 0 Å². The van der Waals surface area contributed by atoms with Gasteiger partial charge in [0.1, 0.15) is 5.75 Å². The van der Waals surface area contributed by atoms with E-state index in [4.69, 9.17) is 11.6 Å². The molecule has 0 fully saturated rings. The molecule has 0 aromatic heterocycles. The zero-order valence-corrected chi connectivity index (χ0v) is 11.8. The smallest absolute Gasteiger partial charge is 0.339 e. The minimum atomic E-state index is -0.570. The Kier molecular flexibility index (Phi) is 4.45. The first-order chi connectivity index (χ1) is 10.0. The molecule has 0 atom stereocenters. The van der Waals surface area contributed by atoms with Gasteiger partial charge in [0.25, 0.3) is 5.91 Å². The van der Waals surface area contributed by atoms with Gasteiger partial charge < -0.3 is 15.2 Å². The predicted octanol–water partition coefficient (Wildman–Crippen LogP) is 3.08. The third-order valence-corrected chi connectivity index (χ3v) is 3.05. The minimum absolute atomic E-state index is 0.0480. The number of phenols is 1. The fourth-order valence-electron chi connectivity index (χ4n) is 1.72. The zero-order chi connectivity index (χ0) is 15.4. The molecule has 0 aliphatic heterocycles. The number of hydrogen-bond acceptors (Lipinski definition) is 4. The van der Waals surface area contributed by atoms with Crippen molar-refractivity contribution in [3.05, 3.63) is 58.6 Å². The maximum atomic E-state index is 12.1. The Balaban J connectivity index is 2.20. The van der Waals surface area contributed by atoms with Crippen LogP contribution < -0.4 is 5.32 Å². The molecule has 2 rings (SSSR count). The van der Waals surface area contributed by atoms with Gasteiger partial charge in [-0.1, -0.05) is 17.7 Å². The summed E-state index contributed by atoms with van der Waals surface area (Å²) in [7, 11) is 1.25. The number of hydrogen-bond donors (Lipinski definition) is 2. The van der Waals surface area contributed by atoms with Gasteiger partial charge in [0, 0.05) is 17.3 Å². The van der Waals surface area contributed by atoms with Crippen molar-refractivity contribution in [1.29, 1.82) is 0 Å². The van der Waals surface area contributed by atoms with Crippen LogP contribution in [0.4, 0.5) is 5.69 Å². The highest BCUT2D eigenvalue weighted by atomic mass is 35.5. The van der Waals surface area contributed by atoms with Crippen molar-refractivity contribution in [3.8, 4) is 5.75 Å². The Morgan fingerprint density at radius 2 is 1.95 bits per heavy atom. The fourth-order valence-corrected chi connectivity index (χ4v) is 1.98. The number of esters is 1. The highest BCUT2D eigenvalue weighted by Gasteiger charge is 2.14. The Morgan fingerprint density at radius 3 is 2.57 bits per heavy atom. The van der Waals surface area contributed by atoms with Crippen LogP contribution in [0.1, 0.15) is 20.7 Å². The Hall–Kier alpha value is -2.53. The van der Waals surface area contributed by atoms with Crippen LogP contribution in [-0.2, 0) is 4.74 Å². The largest absolute Gasteiger partial charge is 0.508 e. The second kappa shape index (κ2) is 6.28. The van der Waals surface area contributed by atoms with Gasteiger partial charge in [-0.05, 0) is 30.3 Å². The number of carbonyl (C=O) groups excluding carboxylic acids is 2. The molecule has 6 heteroatoms. The van der Waals surface area contributed by atoms with E-state index in [-0.39, 0.29) is 21.9 Å². The summed E-state index contributed by atoms with van der Waals surface area (Å²) in [5.74, 6) is -0.925. The quantitative estimate of drug-likeness (QED) is 0.854. The average Bonchev–Trinajstić information content (AvgIpc) is 2.46. The molecule has 0 saturated heterocycles. The lowest BCUT2D eigenvalue weighted by Crippen LogP contribution is -2.12. The molecular formula is C15H12ClNO4. The first kappa shape index (κ1) is 14.9. The molecule has 0 aliphatic carbocycles. The molecular weight excluding hydrogens is 294 g/mol. The first-order valence-corrected chi connectivity index (χ1v) is 6.37. The van der Waals surface area contributed by atoms with Gasteiger partial charge >= 0.3 is 5.97 Å². The molecule has 0 heterocycles. The molecule has 108 valence electrons. The molecule has 2 aromatic rings. The number of anilines is 1. The summed E-state index contributed by atoms with van der Waals surface area (Å²) >= 11 is 5.95. The topological polar surface area (TPSA) is 75.6 Å². The number of methoxy groups -OCH3 is 1.